The quantitative estimate of drug-likeness (QED) is 0.853. The van der Waals surface area contributed by atoms with Crippen molar-refractivity contribution >= 4 is 17.1 Å². The van der Waals surface area contributed by atoms with Gasteiger partial charge in [0.1, 0.15) is 11.4 Å². The number of hydrogen-bond acceptors (Lipinski definition) is 3. The van der Waals surface area contributed by atoms with Crippen molar-refractivity contribution in [3.8, 4) is 5.75 Å². The monoisotopic (exact) mass is 290 g/mol. The summed E-state index contributed by atoms with van der Waals surface area (Å²) in [6, 6.07) is 1.86. The maximum atomic E-state index is 11.5. The van der Waals surface area contributed by atoms with Crippen molar-refractivity contribution in [3.05, 3.63) is 24.0 Å². The molecule has 0 bridgehead atoms. The summed E-state index contributed by atoms with van der Waals surface area (Å²) in [5, 5.41) is 6.71. The number of nitrogens with one attached hydrogen (secondary N) is 2. The smallest absolute Gasteiger partial charge is 0.314 e. The zero-order chi connectivity index (χ0) is 15.2. The number of fused-ring (bicyclic) bond motifs is 1. The second-order valence-corrected chi connectivity index (χ2v) is 4.94. The van der Waals surface area contributed by atoms with E-state index in [1.165, 1.54) is 0 Å². The van der Waals surface area contributed by atoms with Gasteiger partial charge in [0.05, 0.1) is 13.3 Å². The molecule has 0 spiro atoms. The van der Waals surface area contributed by atoms with Gasteiger partial charge in [0.15, 0.2) is 0 Å². The zero-order valence-corrected chi connectivity index (χ0v) is 12.8. The lowest BCUT2D eigenvalue weighted by Crippen LogP contribution is -2.36. The Morgan fingerprint density at radius 1 is 1.38 bits per heavy atom. The molecule has 0 radical (unpaired) electrons. The van der Waals surface area contributed by atoms with Gasteiger partial charge in [-0.3, -0.25) is 0 Å². The molecule has 0 aliphatic carbocycles. The molecule has 6 nitrogen and oxygen atoms in total. The van der Waals surface area contributed by atoms with Crippen LogP contribution in [0, 0.1) is 0 Å². The van der Waals surface area contributed by atoms with Gasteiger partial charge < -0.3 is 19.9 Å². The fourth-order valence-electron chi connectivity index (χ4n) is 2.24. The Labute approximate surface area is 124 Å². The highest BCUT2D eigenvalue weighted by molar-refractivity contribution is 5.82. The predicted molar refractivity (Wildman–Crippen MR) is 82.7 cm³/mol. The Kier molecular flexibility index (Phi) is 5.03. The third-order valence-electron chi connectivity index (χ3n) is 3.32. The van der Waals surface area contributed by atoms with Gasteiger partial charge in [-0.1, -0.05) is 6.92 Å². The molecule has 2 aromatic heterocycles. The minimum atomic E-state index is -0.118. The van der Waals surface area contributed by atoms with Crippen LogP contribution in [0.15, 0.2) is 18.5 Å². The van der Waals surface area contributed by atoms with Gasteiger partial charge in [0.25, 0.3) is 0 Å². The third-order valence-corrected chi connectivity index (χ3v) is 3.32. The van der Waals surface area contributed by atoms with E-state index < -0.39 is 0 Å². The Hall–Kier alpha value is -2.24. The second-order valence-electron chi connectivity index (χ2n) is 4.94. The lowest BCUT2D eigenvalue weighted by atomic mass is 10.1. The standard InChI is InChI=1S/C15H22N4O2/c1-4-6-16-15(20)17-7-5-11-10-19(2)14-13(11)8-12(21-3)9-18-14/h8-10H,4-7H2,1-3H3,(H2,16,17,20). The van der Waals surface area contributed by atoms with Crippen LogP contribution in [0.2, 0.25) is 0 Å². The fraction of sp³-hybridized carbons (Fsp3) is 0.467. The molecule has 0 atom stereocenters. The van der Waals surface area contributed by atoms with E-state index in [9.17, 15) is 4.79 Å². The second kappa shape index (κ2) is 6.97. The Morgan fingerprint density at radius 2 is 2.14 bits per heavy atom. The van der Waals surface area contributed by atoms with Crippen molar-refractivity contribution in [1.82, 2.24) is 20.2 Å². The van der Waals surface area contributed by atoms with Crippen LogP contribution in [0.25, 0.3) is 11.0 Å². The van der Waals surface area contributed by atoms with Crippen LogP contribution in [0.4, 0.5) is 4.79 Å². The first-order valence-corrected chi connectivity index (χ1v) is 7.15. The first-order valence-electron chi connectivity index (χ1n) is 7.15. The summed E-state index contributed by atoms with van der Waals surface area (Å²) in [6.07, 6.45) is 5.44. The van der Waals surface area contributed by atoms with E-state index in [0.29, 0.717) is 13.1 Å². The summed E-state index contributed by atoms with van der Waals surface area (Å²) in [7, 11) is 3.60. The average Bonchev–Trinajstić information content (AvgIpc) is 2.81. The Balaban J connectivity index is 2.03. The molecule has 0 aliphatic rings. The number of rotatable bonds is 6. The van der Waals surface area contributed by atoms with Crippen LogP contribution < -0.4 is 15.4 Å². The highest BCUT2D eigenvalue weighted by Gasteiger charge is 2.09. The van der Waals surface area contributed by atoms with Crippen molar-refractivity contribution in [2.75, 3.05) is 20.2 Å². The number of aromatic nitrogens is 2. The highest BCUT2D eigenvalue weighted by Crippen LogP contribution is 2.23. The molecule has 0 saturated carbocycles. The van der Waals surface area contributed by atoms with Crippen LogP contribution in [-0.4, -0.2) is 35.8 Å². The number of urea groups is 1. The molecule has 2 N–H and O–H groups in total. The molecule has 2 aromatic rings. The molecule has 6 heteroatoms. The maximum absolute atomic E-state index is 11.5. The van der Waals surface area contributed by atoms with Crippen molar-refractivity contribution in [2.45, 2.75) is 19.8 Å². The van der Waals surface area contributed by atoms with Gasteiger partial charge in [-0.15, -0.1) is 0 Å². The maximum Gasteiger partial charge on any atom is 0.314 e. The lowest BCUT2D eigenvalue weighted by molar-refractivity contribution is 0.241. The molecular formula is C15H22N4O2. The van der Waals surface area contributed by atoms with Gasteiger partial charge in [-0.05, 0) is 24.5 Å². The molecular weight excluding hydrogens is 268 g/mol. The van der Waals surface area contributed by atoms with Gasteiger partial charge in [0.2, 0.25) is 0 Å². The molecule has 0 aromatic carbocycles. The molecule has 114 valence electrons. The van der Waals surface area contributed by atoms with Crippen LogP contribution in [0.1, 0.15) is 18.9 Å². The van der Waals surface area contributed by atoms with Crippen molar-refractivity contribution in [3.63, 3.8) is 0 Å². The van der Waals surface area contributed by atoms with Gasteiger partial charge in [-0.2, -0.15) is 0 Å². The summed E-state index contributed by atoms with van der Waals surface area (Å²) < 4.78 is 7.21. The Morgan fingerprint density at radius 3 is 2.86 bits per heavy atom. The molecule has 0 aliphatic heterocycles. The van der Waals surface area contributed by atoms with Crippen LogP contribution in [0.3, 0.4) is 0 Å². The third kappa shape index (κ3) is 3.65. The largest absolute Gasteiger partial charge is 0.495 e. The molecule has 2 heterocycles. The summed E-state index contributed by atoms with van der Waals surface area (Å²) in [4.78, 5) is 15.9. The topological polar surface area (TPSA) is 68.2 Å². The van der Waals surface area contributed by atoms with Crippen LogP contribution in [0.5, 0.6) is 5.75 Å². The number of amides is 2. The van der Waals surface area contributed by atoms with Crippen LogP contribution >= 0.6 is 0 Å². The van der Waals surface area contributed by atoms with Crippen LogP contribution in [-0.2, 0) is 13.5 Å². The number of methoxy groups -OCH3 is 1. The van der Waals surface area contributed by atoms with E-state index in [1.54, 1.807) is 13.3 Å². The van der Waals surface area contributed by atoms with Crippen molar-refractivity contribution in [2.24, 2.45) is 7.05 Å². The molecule has 2 amide bonds. The summed E-state index contributed by atoms with van der Waals surface area (Å²) >= 11 is 0. The molecule has 0 saturated heterocycles. The average molecular weight is 290 g/mol. The van der Waals surface area contributed by atoms with E-state index in [4.69, 9.17) is 4.74 Å². The minimum absolute atomic E-state index is 0.118. The highest BCUT2D eigenvalue weighted by atomic mass is 16.5. The van der Waals surface area contributed by atoms with Crippen molar-refractivity contribution in [1.29, 1.82) is 0 Å². The zero-order valence-electron chi connectivity index (χ0n) is 12.8. The summed E-state index contributed by atoms with van der Waals surface area (Å²) in [5.41, 5.74) is 2.07. The predicted octanol–water partition coefficient (Wildman–Crippen LogP) is 1.83. The number of nitrogens with zero attached hydrogens (tertiary/aromatic N) is 2. The van der Waals surface area contributed by atoms with Gasteiger partial charge in [-0.25, -0.2) is 9.78 Å². The van der Waals surface area contributed by atoms with E-state index >= 15 is 0 Å². The number of carbonyl (C=O) groups is 1. The van der Waals surface area contributed by atoms with Crippen molar-refractivity contribution < 1.29 is 9.53 Å². The van der Waals surface area contributed by atoms with Gasteiger partial charge in [0, 0.05) is 31.7 Å². The van der Waals surface area contributed by atoms with E-state index in [0.717, 1.165) is 35.2 Å². The number of hydrogen-bond donors (Lipinski definition) is 2. The first kappa shape index (κ1) is 15.2. The minimum Gasteiger partial charge on any atom is -0.495 e. The summed E-state index contributed by atoms with van der Waals surface area (Å²) in [6.45, 7) is 3.31. The summed E-state index contributed by atoms with van der Waals surface area (Å²) in [5.74, 6) is 0.739. The fourth-order valence-corrected chi connectivity index (χ4v) is 2.24. The van der Waals surface area contributed by atoms with Gasteiger partial charge >= 0.3 is 6.03 Å². The first-order chi connectivity index (χ1) is 10.2. The lowest BCUT2D eigenvalue weighted by Gasteiger charge is -2.06. The number of aryl methyl sites for hydroxylation is 1. The number of carbonyl (C=O) groups excluding carboxylic acids is 1. The number of ether oxygens (including phenoxy) is 1. The normalized spacial score (nSPS) is 10.6. The number of pyridine rings is 1. The SMILES string of the molecule is CCCNC(=O)NCCc1cn(C)c2ncc(OC)cc12. The Bertz CT molecular complexity index is 621. The van der Waals surface area contributed by atoms with E-state index in [2.05, 4.69) is 15.6 Å². The molecule has 0 fully saturated rings. The van der Waals surface area contributed by atoms with E-state index in [-0.39, 0.29) is 6.03 Å². The molecule has 0 unspecified atom stereocenters. The van der Waals surface area contributed by atoms with E-state index in [1.807, 2.05) is 30.8 Å². The molecule has 2 rings (SSSR count). The molecule has 21 heavy (non-hydrogen) atoms.